The minimum atomic E-state index is 0.0920. The van der Waals surface area contributed by atoms with Crippen LogP contribution in [0.5, 0.6) is 0 Å². The summed E-state index contributed by atoms with van der Waals surface area (Å²) in [6.07, 6.45) is 2.69. The molecule has 0 aliphatic carbocycles. The molecule has 0 bridgehead atoms. The third kappa shape index (κ3) is 12.4. The number of hydrogen-bond acceptors (Lipinski definition) is 4. The summed E-state index contributed by atoms with van der Waals surface area (Å²) in [4.78, 5) is 17.1. The first kappa shape index (κ1) is 20.7. The molecular weight excluding hydrogens is 284 g/mol. The molecule has 0 rings (SSSR count). The molecule has 130 valence electrons. The van der Waals surface area contributed by atoms with Gasteiger partial charge < -0.3 is 25.0 Å². The van der Waals surface area contributed by atoms with Gasteiger partial charge in [0, 0.05) is 47.3 Å². The fraction of sp³-hybridized carbons (Fsp3) is 0.867. The average molecular weight is 316 g/mol. The van der Waals surface area contributed by atoms with E-state index in [0.717, 1.165) is 19.4 Å². The van der Waals surface area contributed by atoms with Gasteiger partial charge in [0.05, 0.1) is 19.8 Å². The van der Waals surface area contributed by atoms with Crippen molar-refractivity contribution in [3.8, 4) is 0 Å². The fourth-order valence-electron chi connectivity index (χ4n) is 1.54. The maximum atomic E-state index is 11.4. The third-order valence-corrected chi connectivity index (χ3v) is 2.91. The third-order valence-electron chi connectivity index (χ3n) is 2.91. The smallest absolute Gasteiger partial charge is 0.223 e. The molecule has 0 atom stereocenters. The molecular formula is C15H32N4O3. The molecule has 1 amide bonds. The summed E-state index contributed by atoms with van der Waals surface area (Å²) in [7, 11) is 5.20. The quantitative estimate of drug-likeness (QED) is 0.311. The Morgan fingerprint density at radius 3 is 2.27 bits per heavy atom. The predicted molar refractivity (Wildman–Crippen MR) is 89.2 cm³/mol. The van der Waals surface area contributed by atoms with Crippen molar-refractivity contribution >= 4 is 11.9 Å². The molecule has 0 aliphatic heterocycles. The Morgan fingerprint density at radius 2 is 1.68 bits per heavy atom. The van der Waals surface area contributed by atoms with Gasteiger partial charge in [0.1, 0.15) is 0 Å². The van der Waals surface area contributed by atoms with Gasteiger partial charge in [-0.3, -0.25) is 9.79 Å². The van der Waals surface area contributed by atoms with E-state index in [-0.39, 0.29) is 5.91 Å². The number of ether oxygens (including phenoxy) is 2. The second-order valence-corrected chi connectivity index (χ2v) is 5.04. The lowest BCUT2D eigenvalue weighted by Crippen LogP contribution is -2.40. The van der Waals surface area contributed by atoms with Crippen molar-refractivity contribution in [1.82, 2.24) is 15.5 Å². The highest BCUT2D eigenvalue weighted by Gasteiger charge is 2.03. The van der Waals surface area contributed by atoms with Gasteiger partial charge in [0.2, 0.25) is 5.91 Å². The molecule has 0 spiro atoms. The maximum Gasteiger partial charge on any atom is 0.223 e. The largest absolute Gasteiger partial charge is 0.379 e. The van der Waals surface area contributed by atoms with E-state index >= 15 is 0 Å². The van der Waals surface area contributed by atoms with Gasteiger partial charge in [-0.1, -0.05) is 13.3 Å². The number of aliphatic imine (C=N–C) groups is 1. The first-order valence-electron chi connectivity index (χ1n) is 7.92. The van der Waals surface area contributed by atoms with Crippen molar-refractivity contribution in [1.29, 1.82) is 0 Å². The standard InChI is InChI=1S/C15H32N4O3/c1-5-6-10-21-12-13-22-11-9-18-15(16-2)17-8-7-14(20)19(3)4/h5-13H2,1-4H3,(H2,16,17,18). The van der Waals surface area contributed by atoms with Crippen LogP contribution in [0.25, 0.3) is 0 Å². The van der Waals surface area contributed by atoms with E-state index in [9.17, 15) is 4.79 Å². The van der Waals surface area contributed by atoms with Gasteiger partial charge in [0.25, 0.3) is 0 Å². The Hall–Kier alpha value is -1.34. The number of nitrogens with one attached hydrogen (secondary N) is 2. The van der Waals surface area contributed by atoms with Crippen LogP contribution >= 0.6 is 0 Å². The van der Waals surface area contributed by atoms with E-state index < -0.39 is 0 Å². The van der Waals surface area contributed by atoms with Crippen LogP contribution in [-0.4, -0.2) is 77.4 Å². The number of unbranched alkanes of at least 4 members (excludes halogenated alkanes) is 1. The molecule has 0 radical (unpaired) electrons. The molecule has 0 aromatic heterocycles. The summed E-state index contributed by atoms with van der Waals surface area (Å²) >= 11 is 0. The van der Waals surface area contributed by atoms with Gasteiger partial charge in [-0.25, -0.2) is 0 Å². The van der Waals surface area contributed by atoms with Crippen molar-refractivity contribution in [3.05, 3.63) is 0 Å². The topological polar surface area (TPSA) is 75.2 Å². The van der Waals surface area contributed by atoms with Crippen LogP contribution in [0.1, 0.15) is 26.2 Å². The zero-order valence-electron chi connectivity index (χ0n) is 14.5. The van der Waals surface area contributed by atoms with E-state index in [0.29, 0.717) is 45.3 Å². The van der Waals surface area contributed by atoms with E-state index in [1.165, 1.54) is 0 Å². The SMILES string of the molecule is CCCCOCCOCCNC(=NC)NCCC(=O)N(C)C. The lowest BCUT2D eigenvalue weighted by molar-refractivity contribution is -0.128. The van der Waals surface area contributed by atoms with Crippen molar-refractivity contribution in [2.75, 3.05) is 60.7 Å². The molecule has 0 aromatic carbocycles. The fourth-order valence-corrected chi connectivity index (χ4v) is 1.54. The van der Waals surface area contributed by atoms with Crippen molar-refractivity contribution in [3.63, 3.8) is 0 Å². The molecule has 0 aliphatic rings. The number of rotatable bonds is 12. The minimum Gasteiger partial charge on any atom is -0.379 e. The number of carbonyl (C=O) groups is 1. The van der Waals surface area contributed by atoms with Gasteiger partial charge in [-0.05, 0) is 6.42 Å². The zero-order chi connectivity index (χ0) is 16.6. The number of hydrogen-bond donors (Lipinski definition) is 2. The Balaban J connectivity index is 3.49. The Labute approximate surface area is 134 Å². The summed E-state index contributed by atoms with van der Waals surface area (Å²) in [6, 6.07) is 0. The van der Waals surface area contributed by atoms with Crippen LogP contribution in [0, 0.1) is 0 Å². The van der Waals surface area contributed by atoms with Gasteiger partial charge in [0.15, 0.2) is 5.96 Å². The van der Waals surface area contributed by atoms with Crippen LogP contribution in [-0.2, 0) is 14.3 Å². The molecule has 0 unspecified atom stereocenters. The summed E-state index contributed by atoms with van der Waals surface area (Å²) < 4.78 is 10.9. The first-order chi connectivity index (χ1) is 10.6. The molecule has 7 nitrogen and oxygen atoms in total. The van der Waals surface area contributed by atoms with Crippen LogP contribution in [0.15, 0.2) is 4.99 Å². The van der Waals surface area contributed by atoms with Gasteiger partial charge in [-0.2, -0.15) is 0 Å². The highest BCUT2D eigenvalue weighted by atomic mass is 16.5. The summed E-state index contributed by atoms with van der Waals surface area (Å²) in [5.41, 5.74) is 0. The number of amides is 1. The van der Waals surface area contributed by atoms with E-state index in [1.807, 2.05) is 0 Å². The Kier molecular flexibility index (Phi) is 13.7. The second-order valence-electron chi connectivity index (χ2n) is 5.04. The molecule has 0 saturated heterocycles. The molecule has 2 N–H and O–H groups in total. The molecule has 0 saturated carbocycles. The monoisotopic (exact) mass is 316 g/mol. The molecule has 0 aromatic rings. The highest BCUT2D eigenvalue weighted by molar-refractivity contribution is 5.81. The first-order valence-corrected chi connectivity index (χ1v) is 7.92. The molecule has 0 fully saturated rings. The Morgan fingerprint density at radius 1 is 1.05 bits per heavy atom. The van der Waals surface area contributed by atoms with Gasteiger partial charge >= 0.3 is 0 Å². The molecule has 0 heterocycles. The maximum absolute atomic E-state index is 11.4. The summed E-state index contributed by atoms with van der Waals surface area (Å²) in [5.74, 6) is 0.767. The summed E-state index contributed by atoms with van der Waals surface area (Å²) in [5, 5.41) is 6.22. The highest BCUT2D eigenvalue weighted by Crippen LogP contribution is 1.88. The Bertz CT molecular complexity index is 309. The molecule has 22 heavy (non-hydrogen) atoms. The van der Waals surface area contributed by atoms with Crippen molar-refractivity contribution < 1.29 is 14.3 Å². The number of nitrogens with zero attached hydrogens (tertiary/aromatic N) is 2. The van der Waals surface area contributed by atoms with Crippen LogP contribution < -0.4 is 10.6 Å². The van der Waals surface area contributed by atoms with E-state index in [4.69, 9.17) is 9.47 Å². The van der Waals surface area contributed by atoms with Crippen LogP contribution in [0.2, 0.25) is 0 Å². The van der Waals surface area contributed by atoms with Crippen LogP contribution in [0.4, 0.5) is 0 Å². The number of carbonyl (C=O) groups excluding carboxylic acids is 1. The predicted octanol–water partition coefficient (Wildman–Crippen LogP) is 0.463. The van der Waals surface area contributed by atoms with E-state index in [2.05, 4.69) is 22.5 Å². The zero-order valence-corrected chi connectivity index (χ0v) is 14.5. The van der Waals surface area contributed by atoms with Crippen molar-refractivity contribution in [2.45, 2.75) is 26.2 Å². The lowest BCUT2D eigenvalue weighted by atomic mass is 10.4. The molecule has 7 heteroatoms. The number of guanidine groups is 1. The van der Waals surface area contributed by atoms with Crippen molar-refractivity contribution in [2.24, 2.45) is 4.99 Å². The van der Waals surface area contributed by atoms with Gasteiger partial charge in [-0.15, -0.1) is 0 Å². The normalized spacial score (nSPS) is 11.4. The average Bonchev–Trinajstić information content (AvgIpc) is 2.51. The second kappa shape index (κ2) is 14.6. The van der Waals surface area contributed by atoms with E-state index in [1.54, 1.807) is 26.0 Å². The summed E-state index contributed by atoms with van der Waals surface area (Å²) in [6.45, 7) is 6.01. The minimum absolute atomic E-state index is 0.0920. The van der Waals surface area contributed by atoms with Crippen LogP contribution in [0.3, 0.4) is 0 Å². The lowest BCUT2D eigenvalue weighted by Gasteiger charge is -2.13.